The maximum absolute atomic E-state index is 12.8. The fraction of sp³-hybridized carbons (Fsp3) is 0.930. The van der Waals surface area contributed by atoms with Gasteiger partial charge in [-0.25, -0.2) is 0 Å². The van der Waals surface area contributed by atoms with Crippen LogP contribution in [0.1, 0.15) is 316 Å². The van der Waals surface area contributed by atoms with Gasteiger partial charge in [0.15, 0.2) is 6.10 Å². The van der Waals surface area contributed by atoms with Crippen molar-refractivity contribution in [2.24, 2.45) is 0 Å². The number of esters is 2. The van der Waals surface area contributed by atoms with E-state index in [0.717, 1.165) is 32.1 Å². The van der Waals surface area contributed by atoms with E-state index in [1.807, 2.05) is 0 Å². The second-order valence-electron chi connectivity index (χ2n) is 19.2. The molecule has 0 aliphatic carbocycles. The Morgan fingerprint density at radius 1 is 0.339 bits per heavy atom. The second kappa shape index (κ2) is 54.0. The fourth-order valence-corrected chi connectivity index (χ4v) is 8.57. The van der Waals surface area contributed by atoms with Crippen molar-refractivity contribution in [2.75, 3.05) is 19.8 Å². The largest absolute Gasteiger partial charge is 0.462 e. The lowest BCUT2D eigenvalue weighted by atomic mass is 10.0. The number of hydrogen-bond acceptors (Lipinski definition) is 5. The molecule has 0 heterocycles. The first-order valence-electron chi connectivity index (χ1n) is 28.2. The molecule has 0 bridgehead atoms. The van der Waals surface area contributed by atoms with Gasteiger partial charge in [-0.05, 0) is 44.9 Å². The van der Waals surface area contributed by atoms with Gasteiger partial charge in [-0.1, -0.05) is 270 Å². The topological polar surface area (TPSA) is 61.8 Å². The highest BCUT2D eigenvalue weighted by molar-refractivity contribution is 5.70. The summed E-state index contributed by atoms with van der Waals surface area (Å²) in [6, 6.07) is 0. The van der Waals surface area contributed by atoms with E-state index in [4.69, 9.17) is 14.2 Å². The normalized spacial score (nSPS) is 12.1. The van der Waals surface area contributed by atoms with Crippen LogP contribution < -0.4 is 0 Å². The van der Waals surface area contributed by atoms with Gasteiger partial charge in [0.05, 0.1) is 6.61 Å². The molecule has 0 spiro atoms. The van der Waals surface area contributed by atoms with Crippen molar-refractivity contribution in [1.29, 1.82) is 0 Å². The third kappa shape index (κ3) is 51.3. The third-order valence-corrected chi connectivity index (χ3v) is 12.8. The van der Waals surface area contributed by atoms with Gasteiger partial charge in [-0.15, -0.1) is 0 Å². The zero-order valence-corrected chi connectivity index (χ0v) is 42.4. The van der Waals surface area contributed by atoms with Crippen LogP contribution in [0.2, 0.25) is 0 Å². The lowest BCUT2D eigenvalue weighted by molar-refractivity contribution is -0.163. The van der Waals surface area contributed by atoms with Crippen molar-refractivity contribution < 1.29 is 23.8 Å². The maximum atomic E-state index is 12.8. The molecule has 0 rings (SSSR count). The van der Waals surface area contributed by atoms with E-state index in [1.165, 1.54) is 250 Å². The standard InChI is InChI=1S/C57H110O5/c1-4-7-10-13-16-19-22-25-27-29-30-33-35-38-41-44-47-50-56(58)61-54-55(62-57(59)51-48-45-42-39-36-32-24-21-18-15-12-9-6-3)53-60-52-49-46-43-40-37-34-31-28-26-23-20-17-14-11-8-5-2/h25,27,55H,4-24,26,28-54H2,1-3H3/b27-25-. The summed E-state index contributed by atoms with van der Waals surface area (Å²) in [5.41, 5.74) is 0. The zero-order valence-electron chi connectivity index (χ0n) is 42.4. The Hall–Kier alpha value is -1.36. The number of carbonyl (C=O) groups excluding carboxylic acids is 2. The van der Waals surface area contributed by atoms with E-state index in [0.29, 0.717) is 26.1 Å². The number of unbranched alkanes of at least 4 members (excludes halogenated alkanes) is 40. The summed E-state index contributed by atoms with van der Waals surface area (Å²) in [6.45, 7) is 7.90. The van der Waals surface area contributed by atoms with Gasteiger partial charge < -0.3 is 14.2 Å². The smallest absolute Gasteiger partial charge is 0.306 e. The predicted octanol–water partition coefficient (Wildman–Crippen LogP) is 19.0. The Labute approximate surface area is 388 Å². The zero-order chi connectivity index (χ0) is 44.9. The van der Waals surface area contributed by atoms with Crippen LogP contribution in [0.3, 0.4) is 0 Å². The van der Waals surface area contributed by atoms with E-state index in [-0.39, 0.29) is 18.5 Å². The summed E-state index contributed by atoms with van der Waals surface area (Å²) >= 11 is 0. The molecule has 0 aliphatic rings. The van der Waals surface area contributed by atoms with Crippen LogP contribution in [0.25, 0.3) is 0 Å². The van der Waals surface area contributed by atoms with Crippen LogP contribution in [0.4, 0.5) is 0 Å². The van der Waals surface area contributed by atoms with Gasteiger partial charge >= 0.3 is 11.9 Å². The van der Waals surface area contributed by atoms with Crippen molar-refractivity contribution in [3.8, 4) is 0 Å². The average Bonchev–Trinajstić information content (AvgIpc) is 3.27. The van der Waals surface area contributed by atoms with Crippen molar-refractivity contribution in [3.05, 3.63) is 12.2 Å². The van der Waals surface area contributed by atoms with Crippen molar-refractivity contribution in [1.82, 2.24) is 0 Å². The van der Waals surface area contributed by atoms with E-state index >= 15 is 0 Å². The molecule has 0 aromatic rings. The molecule has 0 aromatic carbocycles. The van der Waals surface area contributed by atoms with Crippen molar-refractivity contribution >= 4 is 11.9 Å². The molecule has 0 saturated heterocycles. The lowest BCUT2D eigenvalue weighted by Crippen LogP contribution is -2.30. The molecular weight excluding hydrogens is 765 g/mol. The number of allylic oxidation sites excluding steroid dienone is 2. The molecule has 0 N–H and O–H groups in total. The Morgan fingerprint density at radius 2 is 0.629 bits per heavy atom. The highest BCUT2D eigenvalue weighted by atomic mass is 16.6. The first kappa shape index (κ1) is 60.6. The average molecular weight is 876 g/mol. The Balaban J connectivity index is 4.19. The quantitative estimate of drug-likeness (QED) is 0.0346. The Bertz CT molecular complexity index is 902. The fourth-order valence-electron chi connectivity index (χ4n) is 8.57. The number of ether oxygens (including phenoxy) is 3. The van der Waals surface area contributed by atoms with E-state index in [9.17, 15) is 9.59 Å². The van der Waals surface area contributed by atoms with Gasteiger partial charge in [0, 0.05) is 19.4 Å². The first-order chi connectivity index (χ1) is 30.6. The molecular formula is C57H110O5. The lowest BCUT2D eigenvalue weighted by Gasteiger charge is -2.18. The molecule has 0 aromatic heterocycles. The summed E-state index contributed by atoms with van der Waals surface area (Å²) in [6.07, 6.45) is 62.2. The summed E-state index contributed by atoms with van der Waals surface area (Å²) in [7, 11) is 0. The van der Waals surface area contributed by atoms with E-state index < -0.39 is 6.10 Å². The minimum absolute atomic E-state index is 0.0928. The van der Waals surface area contributed by atoms with E-state index in [2.05, 4.69) is 32.9 Å². The minimum Gasteiger partial charge on any atom is -0.462 e. The summed E-state index contributed by atoms with van der Waals surface area (Å²) < 4.78 is 17.5. The first-order valence-corrected chi connectivity index (χ1v) is 28.2. The SMILES string of the molecule is CCCCCCCC/C=C\CCCCCCCCCC(=O)OCC(COCCCCCCCCCCCCCCCCCC)OC(=O)CCCCCCCCCCCCCCC. The highest BCUT2D eigenvalue weighted by Crippen LogP contribution is 2.17. The van der Waals surface area contributed by atoms with Crippen molar-refractivity contribution in [3.63, 3.8) is 0 Å². The summed E-state index contributed by atoms with van der Waals surface area (Å²) in [5, 5.41) is 0. The monoisotopic (exact) mass is 875 g/mol. The predicted molar refractivity (Wildman–Crippen MR) is 270 cm³/mol. The van der Waals surface area contributed by atoms with Gasteiger partial charge in [0.25, 0.3) is 0 Å². The third-order valence-electron chi connectivity index (χ3n) is 12.8. The highest BCUT2D eigenvalue weighted by Gasteiger charge is 2.17. The summed E-state index contributed by atoms with van der Waals surface area (Å²) in [5.74, 6) is -0.377. The molecule has 1 unspecified atom stereocenters. The van der Waals surface area contributed by atoms with Gasteiger partial charge in [0.2, 0.25) is 0 Å². The minimum atomic E-state index is -0.528. The van der Waals surface area contributed by atoms with Crippen LogP contribution in [0, 0.1) is 0 Å². The van der Waals surface area contributed by atoms with Crippen LogP contribution in [0.5, 0.6) is 0 Å². The van der Waals surface area contributed by atoms with Gasteiger partial charge in [0.1, 0.15) is 6.61 Å². The summed E-state index contributed by atoms with van der Waals surface area (Å²) in [4.78, 5) is 25.5. The number of carbonyl (C=O) groups is 2. The van der Waals surface area contributed by atoms with Crippen LogP contribution in [0.15, 0.2) is 12.2 Å². The number of rotatable bonds is 53. The molecule has 368 valence electrons. The molecule has 0 radical (unpaired) electrons. The molecule has 62 heavy (non-hydrogen) atoms. The molecule has 1 atom stereocenters. The molecule has 5 heteroatoms. The molecule has 0 saturated carbocycles. The molecule has 0 fully saturated rings. The van der Waals surface area contributed by atoms with E-state index in [1.54, 1.807) is 0 Å². The van der Waals surface area contributed by atoms with Crippen LogP contribution >= 0.6 is 0 Å². The Kier molecular flexibility index (Phi) is 52.8. The van der Waals surface area contributed by atoms with Crippen molar-refractivity contribution in [2.45, 2.75) is 322 Å². The van der Waals surface area contributed by atoms with Crippen LogP contribution in [-0.2, 0) is 23.8 Å². The molecule has 0 aliphatic heterocycles. The van der Waals surface area contributed by atoms with Gasteiger partial charge in [-0.3, -0.25) is 9.59 Å². The Morgan fingerprint density at radius 3 is 0.984 bits per heavy atom. The van der Waals surface area contributed by atoms with Crippen LogP contribution in [-0.4, -0.2) is 37.9 Å². The second-order valence-corrected chi connectivity index (χ2v) is 19.2. The van der Waals surface area contributed by atoms with Gasteiger partial charge in [-0.2, -0.15) is 0 Å². The molecule has 0 amide bonds. The molecule has 5 nitrogen and oxygen atoms in total. The maximum Gasteiger partial charge on any atom is 0.306 e. The number of hydrogen-bond donors (Lipinski definition) is 0.